The Balaban J connectivity index is 1.80. The van der Waals surface area contributed by atoms with E-state index in [-0.39, 0.29) is 12.6 Å². The van der Waals surface area contributed by atoms with Crippen molar-refractivity contribution in [3.8, 4) is 0 Å². The van der Waals surface area contributed by atoms with Crippen LogP contribution in [0.4, 0.5) is 4.79 Å². The number of hydrogen-bond acceptors (Lipinski definition) is 4. The summed E-state index contributed by atoms with van der Waals surface area (Å²) < 4.78 is 7.05. The summed E-state index contributed by atoms with van der Waals surface area (Å²) in [6.45, 7) is 7.56. The number of hydrogen-bond donors (Lipinski definition) is 2. The van der Waals surface area contributed by atoms with Gasteiger partial charge in [0.2, 0.25) is 0 Å². The van der Waals surface area contributed by atoms with Crippen molar-refractivity contribution in [2.75, 3.05) is 19.7 Å². The molecule has 2 N–H and O–H groups in total. The molecule has 0 saturated heterocycles. The highest BCUT2D eigenvalue weighted by molar-refractivity contribution is 6.42. The van der Waals surface area contributed by atoms with Gasteiger partial charge in [-0.25, -0.2) is 9.78 Å². The third-order valence-corrected chi connectivity index (χ3v) is 4.05. The van der Waals surface area contributed by atoms with Crippen LogP contribution < -0.4 is 10.6 Å². The van der Waals surface area contributed by atoms with E-state index in [1.807, 2.05) is 11.5 Å². The summed E-state index contributed by atoms with van der Waals surface area (Å²) in [5.41, 5.74) is 1.59. The minimum Gasteiger partial charge on any atom is -0.448 e. The topological polar surface area (TPSA) is 68.2 Å². The molecule has 0 unspecified atom stereocenters. The lowest BCUT2D eigenvalue weighted by molar-refractivity contribution is 0.139. The van der Waals surface area contributed by atoms with Gasteiger partial charge in [-0.1, -0.05) is 29.3 Å². The minimum atomic E-state index is -0.451. The lowest BCUT2D eigenvalue weighted by Crippen LogP contribution is -2.40. The maximum Gasteiger partial charge on any atom is 0.407 e. The van der Waals surface area contributed by atoms with Gasteiger partial charge in [0.25, 0.3) is 0 Å². The number of nitrogens with zero attached hydrogens (tertiary/aromatic N) is 2. The second-order valence-electron chi connectivity index (χ2n) is 5.32. The Hall–Kier alpha value is -1.76. The summed E-state index contributed by atoms with van der Waals surface area (Å²) in [7, 11) is 0. The molecular formula is C16H20Cl2N4O2. The van der Waals surface area contributed by atoms with Gasteiger partial charge >= 0.3 is 6.09 Å². The molecular weight excluding hydrogens is 351 g/mol. The Kier molecular flexibility index (Phi) is 6.90. The van der Waals surface area contributed by atoms with Gasteiger partial charge < -0.3 is 19.9 Å². The van der Waals surface area contributed by atoms with Crippen molar-refractivity contribution in [2.24, 2.45) is 0 Å². The molecule has 0 aliphatic carbocycles. The number of alkyl carbamates (subject to hydrolysis) is 1. The zero-order valence-corrected chi connectivity index (χ0v) is 14.9. The summed E-state index contributed by atoms with van der Waals surface area (Å²) in [4.78, 5) is 16.0. The van der Waals surface area contributed by atoms with E-state index in [0.29, 0.717) is 29.7 Å². The van der Waals surface area contributed by atoms with E-state index in [1.165, 1.54) is 0 Å². The predicted octanol–water partition coefficient (Wildman–Crippen LogP) is 3.23. The zero-order valence-electron chi connectivity index (χ0n) is 13.4. The van der Waals surface area contributed by atoms with Gasteiger partial charge in [0.15, 0.2) is 0 Å². The van der Waals surface area contributed by atoms with Crippen molar-refractivity contribution in [3.63, 3.8) is 0 Å². The quantitative estimate of drug-likeness (QED) is 0.552. The molecule has 2 aromatic rings. The van der Waals surface area contributed by atoms with Crippen molar-refractivity contribution < 1.29 is 9.53 Å². The van der Waals surface area contributed by atoms with Crippen LogP contribution in [0, 0.1) is 0 Å². The number of imidazole rings is 1. The lowest BCUT2D eigenvalue weighted by Gasteiger charge is -2.14. The Morgan fingerprint density at radius 1 is 1.46 bits per heavy atom. The van der Waals surface area contributed by atoms with Gasteiger partial charge in [-0.3, -0.25) is 0 Å². The number of nitrogens with one attached hydrogen (secondary N) is 2. The molecule has 1 heterocycles. The molecule has 24 heavy (non-hydrogen) atoms. The molecule has 0 fully saturated rings. The van der Waals surface area contributed by atoms with Crippen LogP contribution in [0.1, 0.15) is 6.92 Å². The number of rotatable bonds is 8. The molecule has 0 aliphatic rings. The van der Waals surface area contributed by atoms with Gasteiger partial charge in [0.1, 0.15) is 6.61 Å². The maximum absolute atomic E-state index is 11.7. The lowest BCUT2D eigenvalue weighted by atomic mass is 10.3. The van der Waals surface area contributed by atoms with Crippen LogP contribution in [0.25, 0.3) is 11.0 Å². The Bertz CT molecular complexity index is 717. The number of carbonyl (C=O) groups is 1. The first-order valence-corrected chi connectivity index (χ1v) is 8.31. The Labute approximate surface area is 150 Å². The van der Waals surface area contributed by atoms with E-state index < -0.39 is 6.09 Å². The molecule has 1 aromatic carbocycles. The first-order chi connectivity index (χ1) is 11.5. The molecule has 0 aliphatic heterocycles. The number of ether oxygens (including phenoxy) is 1. The summed E-state index contributed by atoms with van der Waals surface area (Å²) in [5, 5.41) is 6.80. The molecule has 0 saturated carbocycles. The van der Waals surface area contributed by atoms with E-state index in [4.69, 9.17) is 27.9 Å². The fraction of sp³-hybridized carbons (Fsp3) is 0.375. The molecule has 0 bridgehead atoms. The van der Waals surface area contributed by atoms with E-state index in [9.17, 15) is 4.79 Å². The Morgan fingerprint density at radius 2 is 2.21 bits per heavy atom. The highest BCUT2D eigenvalue weighted by Gasteiger charge is 2.09. The van der Waals surface area contributed by atoms with Gasteiger partial charge in [-0.05, 0) is 19.1 Å². The first kappa shape index (κ1) is 18.6. The third-order valence-electron chi connectivity index (χ3n) is 3.33. The average molecular weight is 371 g/mol. The molecule has 1 aromatic heterocycles. The second kappa shape index (κ2) is 8.92. The van der Waals surface area contributed by atoms with Crippen LogP contribution in [0.15, 0.2) is 31.1 Å². The number of fused-ring (bicyclic) bond motifs is 1. The molecule has 130 valence electrons. The van der Waals surface area contributed by atoms with Gasteiger partial charge in [-0.2, -0.15) is 0 Å². The highest BCUT2D eigenvalue weighted by atomic mass is 35.5. The normalized spacial score (nSPS) is 12.1. The van der Waals surface area contributed by atoms with Crippen molar-refractivity contribution in [1.82, 2.24) is 20.2 Å². The highest BCUT2D eigenvalue weighted by Crippen LogP contribution is 2.27. The van der Waals surface area contributed by atoms with Crippen molar-refractivity contribution in [3.05, 3.63) is 41.2 Å². The van der Waals surface area contributed by atoms with Gasteiger partial charge in [0.05, 0.1) is 34.0 Å². The van der Waals surface area contributed by atoms with Crippen LogP contribution >= 0.6 is 23.2 Å². The SMILES string of the molecule is C=CCNC[C@H](C)NC(=O)OCCn1cnc2cc(Cl)c(Cl)cc21. The summed E-state index contributed by atoms with van der Waals surface area (Å²) in [6, 6.07) is 3.42. The molecule has 2 rings (SSSR count). The average Bonchev–Trinajstić information content (AvgIpc) is 2.90. The van der Waals surface area contributed by atoms with E-state index in [0.717, 1.165) is 11.0 Å². The number of amides is 1. The second-order valence-corrected chi connectivity index (χ2v) is 6.14. The van der Waals surface area contributed by atoms with Crippen molar-refractivity contribution in [2.45, 2.75) is 19.5 Å². The van der Waals surface area contributed by atoms with Gasteiger partial charge in [0, 0.05) is 19.1 Å². The summed E-state index contributed by atoms with van der Waals surface area (Å²) in [5.74, 6) is 0. The fourth-order valence-electron chi connectivity index (χ4n) is 2.16. The number of halogens is 2. The molecule has 0 spiro atoms. The van der Waals surface area contributed by atoms with Gasteiger partial charge in [-0.15, -0.1) is 6.58 Å². The third kappa shape index (κ3) is 5.12. The minimum absolute atomic E-state index is 0.0347. The monoisotopic (exact) mass is 370 g/mol. The number of benzene rings is 1. The first-order valence-electron chi connectivity index (χ1n) is 7.56. The molecule has 6 nitrogen and oxygen atoms in total. The standard InChI is InChI=1S/C16H20Cl2N4O2/c1-3-4-19-9-11(2)21-16(23)24-6-5-22-10-20-14-7-12(17)13(18)8-15(14)22/h3,7-8,10-11,19H,1,4-6,9H2,2H3,(H,21,23)/t11-/m0/s1. The molecule has 0 radical (unpaired) electrons. The Morgan fingerprint density at radius 3 is 2.96 bits per heavy atom. The van der Waals surface area contributed by atoms with E-state index in [2.05, 4.69) is 22.2 Å². The van der Waals surface area contributed by atoms with Crippen LogP contribution in [0.3, 0.4) is 0 Å². The van der Waals surface area contributed by atoms with E-state index in [1.54, 1.807) is 24.5 Å². The number of carbonyl (C=O) groups excluding carboxylic acids is 1. The molecule has 1 atom stereocenters. The largest absolute Gasteiger partial charge is 0.448 e. The van der Waals surface area contributed by atoms with Crippen LogP contribution in [0.5, 0.6) is 0 Å². The fourth-order valence-corrected chi connectivity index (χ4v) is 2.48. The molecule has 8 heteroatoms. The summed E-state index contributed by atoms with van der Waals surface area (Å²) in [6.07, 6.45) is 2.98. The summed E-state index contributed by atoms with van der Waals surface area (Å²) >= 11 is 12.0. The van der Waals surface area contributed by atoms with Crippen molar-refractivity contribution in [1.29, 1.82) is 0 Å². The molecule has 1 amide bonds. The van der Waals surface area contributed by atoms with Crippen LogP contribution in [-0.2, 0) is 11.3 Å². The van der Waals surface area contributed by atoms with Crippen LogP contribution in [0.2, 0.25) is 10.0 Å². The van der Waals surface area contributed by atoms with E-state index >= 15 is 0 Å². The predicted molar refractivity (Wildman–Crippen MR) is 96.8 cm³/mol. The maximum atomic E-state index is 11.7. The number of aromatic nitrogens is 2. The van der Waals surface area contributed by atoms with Crippen LogP contribution in [-0.4, -0.2) is 41.4 Å². The zero-order chi connectivity index (χ0) is 17.5. The van der Waals surface area contributed by atoms with Crippen molar-refractivity contribution >= 4 is 40.3 Å². The smallest absolute Gasteiger partial charge is 0.407 e.